The second kappa shape index (κ2) is 7.11. The lowest BCUT2D eigenvalue weighted by atomic mass is 9.86. The number of aromatic nitrogens is 2. The van der Waals surface area contributed by atoms with Crippen LogP contribution in [0, 0.1) is 12.8 Å². The van der Waals surface area contributed by atoms with E-state index < -0.39 is 0 Å². The zero-order chi connectivity index (χ0) is 19.1. The third kappa shape index (κ3) is 3.40. The number of aryl methyl sites for hydroxylation is 2. The summed E-state index contributed by atoms with van der Waals surface area (Å²) in [5.41, 5.74) is 1.22. The molecule has 2 amide bonds. The van der Waals surface area contributed by atoms with Gasteiger partial charge in [-0.15, -0.1) is 11.3 Å². The van der Waals surface area contributed by atoms with E-state index in [0.29, 0.717) is 19.4 Å². The molecule has 1 saturated carbocycles. The van der Waals surface area contributed by atoms with Crippen molar-refractivity contribution < 1.29 is 9.59 Å². The number of piperidine rings is 1. The first-order valence-corrected chi connectivity index (χ1v) is 10.4. The molecule has 3 heterocycles. The van der Waals surface area contributed by atoms with E-state index in [9.17, 15) is 9.59 Å². The van der Waals surface area contributed by atoms with Crippen LogP contribution in [0.4, 0.5) is 0 Å². The Morgan fingerprint density at radius 2 is 2.15 bits per heavy atom. The molecule has 1 aliphatic carbocycles. The number of rotatable bonds is 5. The number of hydrogen-bond acceptors (Lipinski definition) is 4. The van der Waals surface area contributed by atoms with Gasteiger partial charge in [-0.3, -0.25) is 9.59 Å². The van der Waals surface area contributed by atoms with E-state index in [1.165, 1.54) is 10.4 Å². The first-order chi connectivity index (χ1) is 13.0. The summed E-state index contributed by atoms with van der Waals surface area (Å²) in [4.78, 5) is 35.6. The van der Waals surface area contributed by atoms with Crippen molar-refractivity contribution in [2.75, 3.05) is 7.05 Å². The maximum Gasteiger partial charge on any atom is 0.228 e. The molecular weight excluding hydrogens is 360 g/mol. The first-order valence-electron chi connectivity index (χ1n) is 9.53. The Balaban J connectivity index is 1.62. The van der Waals surface area contributed by atoms with Gasteiger partial charge in [0.15, 0.2) is 0 Å². The highest BCUT2D eigenvalue weighted by Gasteiger charge is 2.48. The van der Waals surface area contributed by atoms with E-state index in [-0.39, 0.29) is 29.8 Å². The maximum absolute atomic E-state index is 13.4. The van der Waals surface area contributed by atoms with Gasteiger partial charge in [0.05, 0.1) is 12.5 Å². The third-order valence-electron chi connectivity index (χ3n) is 5.74. The quantitative estimate of drug-likeness (QED) is 0.794. The van der Waals surface area contributed by atoms with Crippen LogP contribution in [0.5, 0.6) is 0 Å². The average molecular weight is 387 g/mol. The summed E-state index contributed by atoms with van der Waals surface area (Å²) >= 11 is 1.68. The lowest BCUT2D eigenvalue weighted by molar-refractivity contribution is -0.148. The van der Waals surface area contributed by atoms with Gasteiger partial charge in [-0.05, 0) is 43.2 Å². The molecule has 1 aliphatic heterocycles. The highest BCUT2D eigenvalue weighted by Crippen LogP contribution is 2.43. The summed E-state index contributed by atoms with van der Waals surface area (Å²) < 4.78 is 1.95. The zero-order valence-corrected chi connectivity index (χ0v) is 16.9. The number of nitrogens with zero attached hydrogens (tertiary/aromatic N) is 4. The number of imidazole rings is 1. The van der Waals surface area contributed by atoms with E-state index in [1.807, 2.05) is 34.7 Å². The Labute approximate surface area is 163 Å². The molecule has 6 nitrogen and oxygen atoms in total. The van der Waals surface area contributed by atoms with Crippen molar-refractivity contribution in [2.45, 2.75) is 51.2 Å². The molecule has 2 fully saturated rings. The van der Waals surface area contributed by atoms with Gasteiger partial charge in [-0.1, -0.05) is 0 Å². The van der Waals surface area contributed by atoms with Crippen LogP contribution in [0.1, 0.15) is 48.0 Å². The van der Waals surface area contributed by atoms with E-state index in [0.717, 1.165) is 18.7 Å². The molecule has 0 spiro atoms. The zero-order valence-electron chi connectivity index (χ0n) is 16.1. The first kappa shape index (κ1) is 18.2. The molecule has 144 valence electrons. The summed E-state index contributed by atoms with van der Waals surface area (Å²) in [5.74, 6) is 0.837. The Morgan fingerprint density at radius 3 is 2.74 bits per heavy atom. The smallest absolute Gasteiger partial charge is 0.228 e. The lowest BCUT2D eigenvalue weighted by Gasteiger charge is -2.41. The van der Waals surface area contributed by atoms with Crippen LogP contribution in [-0.4, -0.2) is 44.3 Å². The number of amides is 2. The summed E-state index contributed by atoms with van der Waals surface area (Å²) in [6.45, 7) is 2.69. The normalized spacial score (nSPS) is 22.9. The molecule has 27 heavy (non-hydrogen) atoms. The number of carbonyl (C=O) groups is 2. The van der Waals surface area contributed by atoms with Crippen molar-refractivity contribution in [3.05, 3.63) is 40.1 Å². The summed E-state index contributed by atoms with van der Waals surface area (Å²) in [5, 5.41) is 2.06. The number of hydrogen-bond donors (Lipinski definition) is 0. The minimum Gasteiger partial charge on any atom is -0.340 e. The fourth-order valence-corrected chi connectivity index (χ4v) is 5.02. The van der Waals surface area contributed by atoms with Crippen molar-refractivity contribution >= 4 is 23.2 Å². The van der Waals surface area contributed by atoms with Gasteiger partial charge < -0.3 is 14.4 Å². The molecule has 7 heteroatoms. The van der Waals surface area contributed by atoms with Crippen molar-refractivity contribution in [3.8, 4) is 0 Å². The standard InChI is InChI=1S/C20H26N4O2S/c1-13-8-11-27-16(13)12-23(3)20(26)15-6-7-17(25)24(14-4-5-14)18(15)19-21-9-10-22(19)2/h8-11,14-15,18H,4-7,12H2,1-3H3/t15-,18-/m0/s1. The van der Waals surface area contributed by atoms with Gasteiger partial charge >= 0.3 is 0 Å². The predicted molar refractivity (Wildman–Crippen MR) is 104 cm³/mol. The minimum absolute atomic E-state index is 0.106. The molecule has 2 aliphatic rings. The third-order valence-corrected chi connectivity index (χ3v) is 6.75. The van der Waals surface area contributed by atoms with Gasteiger partial charge in [0.25, 0.3) is 0 Å². The van der Waals surface area contributed by atoms with Crippen LogP contribution in [0.25, 0.3) is 0 Å². The van der Waals surface area contributed by atoms with Gasteiger partial charge in [0.1, 0.15) is 11.9 Å². The molecule has 2 aromatic rings. The molecule has 2 aromatic heterocycles. The molecule has 0 N–H and O–H groups in total. The molecule has 0 bridgehead atoms. The van der Waals surface area contributed by atoms with Crippen LogP contribution in [0.3, 0.4) is 0 Å². The van der Waals surface area contributed by atoms with Crippen molar-refractivity contribution in [1.82, 2.24) is 19.4 Å². The molecule has 0 aromatic carbocycles. The summed E-state index contributed by atoms with van der Waals surface area (Å²) in [7, 11) is 3.81. The van der Waals surface area contributed by atoms with E-state index in [2.05, 4.69) is 23.4 Å². The van der Waals surface area contributed by atoms with Crippen molar-refractivity contribution in [3.63, 3.8) is 0 Å². The highest BCUT2D eigenvalue weighted by atomic mass is 32.1. The molecule has 2 atom stereocenters. The van der Waals surface area contributed by atoms with Crippen LogP contribution in [0.2, 0.25) is 0 Å². The Hall–Kier alpha value is -2.15. The SMILES string of the molecule is Cc1ccsc1CN(C)C(=O)[C@H]1CCC(=O)N(C2CC2)[C@@H]1c1nccn1C. The topological polar surface area (TPSA) is 58.4 Å². The molecular formula is C20H26N4O2S. The van der Waals surface area contributed by atoms with E-state index in [4.69, 9.17) is 0 Å². The fraction of sp³-hybridized carbons (Fsp3) is 0.550. The Kier molecular flexibility index (Phi) is 4.80. The van der Waals surface area contributed by atoms with Gasteiger partial charge in [0, 0.05) is 43.8 Å². The summed E-state index contributed by atoms with van der Waals surface area (Å²) in [6.07, 6.45) is 6.72. The van der Waals surface area contributed by atoms with E-state index >= 15 is 0 Å². The minimum atomic E-state index is -0.266. The molecule has 0 unspecified atom stereocenters. The second-order valence-electron chi connectivity index (χ2n) is 7.74. The van der Waals surface area contributed by atoms with Crippen molar-refractivity contribution in [2.24, 2.45) is 13.0 Å². The molecule has 0 radical (unpaired) electrons. The Morgan fingerprint density at radius 1 is 1.37 bits per heavy atom. The monoisotopic (exact) mass is 386 g/mol. The highest BCUT2D eigenvalue weighted by molar-refractivity contribution is 7.10. The average Bonchev–Trinajstić information content (AvgIpc) is 3.27. The number of likely N-dealkylation sites (tertiary alicyclic amines) is 1. The van der Waals surface area contributed by atoms with Gasteiger partial charge in [-0.2, -0.15) is 0 Å². The fourth-order valence-electron chi connectivity index (χ4n) is 4.07. The van der Waals surface area contributed by atoms with Crippen LogP contribution < -0.4 is 0 Å². The Bertz CT molecular complexity index is 854. The van der Waals surface area contributed by atoms with Crippen molar-refractivity contribution in [1.29, 1.82) is 0 Å². The second-order valence-corrected chi connectivity index (χ2v) is 8.74. The van der Waals surface area contributed by atoms with Gasteiger partial charge in [0.2, 0.25) is 11.8 Å². The van der Waals surface area contributed by atoms with Crippen LogP contribution >= 0.6 is 11.3 Å². The maximum atomic E-state index is 13.4. The number of thiophene rings is 1. The lowest BCUT2D eigenvalue weighted by Crippen LogP contribution is -2.49. The molecule has 4 rings (SSSR count). The van der Waals surface area contributed by atoms with Gasteiger partial charge in [-0.25, -0.2) is 4.98 Å². The molecule has 1 saturated heterocycles. The van der Waals surface area contributed by atoms with Crippen LogP contribution in [0.15, 0.2) is 23.8 Å². The van der Waals surface area contributed by atoms with E-state index in [1.54, 1.807) is 17.5 Å². The summed E-state index contributed by atoms with van der Waals surface area (Å²) in [6, 6.07) is 2.08. The number of carbonyl (C=O) groups excluding carboxylic acids is 2. The predicted octanol–water partition coefficient (Wildman–Crippen LogP) is 2.89. The van der Waals surface area contributed by atoms with Crippen LogP contribution in [-0.2, 0) is 23.2 Å². The largest absolute Gasteiger partial charge is 0.340 e.